The maximum Gasteiger partial charge on any atom is 0.224 e. The fourth-order valence-electron chi connectivity index (χ4n) is 2.11. The Kier molecular flexibility index (Phi) is 5.08. The van der Waals surface area contributed by atoms with Crippen molar-refractivity contribution in [2.45, 2.75) is 31.7 Å². The Labute approximate surface area is 117 Å². The second-order valence-corrected chi connectivity index (χ2v) is 4.99. The first-order valence-corrected chi connectivity index (χ1v) is 6.92. The fraction of sp³-hybridized carbons (Fsp3) is 0.692. The highest BCUT2D eigenvalue weighted by Gasteiger charge is 2.33. The molecule has 1 aliphatic heterocycles. The lowest BCUT2D eigenvalue weighted by Gasteiger charge is -2.36. The monoisotopic (exact) mass is 284 g/mol. The molecule has 1 aliphatic rings. The SMILES string of the molecule is CCCNc1ncc(F)c(NC2(CO)CCOCC2)n1. The number of aromatic nitrogens is 2. The van der Waals surface area contributed by atoms with Crippen LogP contribution in [0.1, 0.15) is 26.2 Å². The van der Waals surface area contributed by atoms with Gasteiger partial charge < -0.3 is 20.5 Å². The second kappa shape index (κ2) is 6.81. The minimum Gasteiger partial charge on any atom is -0.394 e. The zero-order valence-electron chi connectivity index (χ0n) is 11.7. The summed E-state index contributed by atoms with van der Waals surface area (Å²) in [5.41, 5.74) is -0.574. The van der Waals surface area contributed by atoms with Crippen LogP contribution in [0.3, 0.4) is 0 Å². The quantitative estimate of drug-likeness (QED) is 0.732. The minimum atomic E-state index is -0.574. The summed E-state index contributed by atoms with van der Waals surface area (Å²) >= 11 is 0. The molecule has 0 aliphatic carbocycles. The van der Waals surface area contributed by atoms with Crippen molar-refractivity contribution in [2.75, 3.05) is 37.0 Å². The van der Waals surface area contributed by atoms with Crippen molar-refractivity contribution in [3.05, 3.63) is 12.0 Å². The number of halogens is 1. The van der Waals surface area contributed by atoms with Crippen LogP contribution in [-0.2, 0) is 4.74 Å². The van der Waals surface area contributed by atoms with Gasteiger partial charge in [-0.05, 0) is 19.3 Å². The van der Waals surface area contributed by atoms with E-state index in [9.17, 15) is 9.50 Å². The molecule has 7 heteroatoms. The Morgan fingerprint density at radius 2 is 2.20 bits per heavy atom. The summed E-state index contributed by atoms with van der Waals surface area (Å²) in [7, 11) is 0. The van der Waals surface area contributed by atoms with Gasteiger partial charge in [0.05, 0.1) is 18.3 Å². The first-order valence-electron chi connectivity index (χ1n) is 6.92. The summed E-state index contributed by atoms with van der Waals surface area (Å²) in [4.78, 5) is 8.03. The molecule has 1 aromatic rings. The Morgan fingerprint density at radius 1 is 1.45 bits per heavy atom. The van der Waals surface area contributed by atoms with Crippen LogP contribution in [0.4, 0.5) is 16.2 Å². The Morgan fingerprint density at radius 3 is 2.85 bits per heavy atom. The van der Waals surface area contributed by atoms with Gasteiger partial charge in [-0.15, -0.1) is 0 Å². The van der Waals surface area contributed by atoms with Crippen molar-refractivity contribution >= 4 is 11.8 Å². The highest BCUT2D eigenvalue weighted by molar-refractivity contribution is 5.43. The predicted molar refractivity (Wildman–Crippen MR) is 74.3 cm³/mol. The van der Waals surface area contributed by atoms with Crippen molar-refractivity contribution in [2.24, 2.45) is 0 Å². The lowest BCUT2D eigenvalue weighted by atomic mass is 9.91. The molecule has 0 unspecified atom stereocenters. The summed E-state index contributed by atoms with van der Waals surface area (Å²) in [5.74, 6) is -0.0168. The van der Waals surface area contributed by atoms with Crippen LogP contribution in [0.5, 0.6) is 0 Å². The number of hydrogen-bond donors (Lipinski definition) is 3. The molecule has 2 rings (SSSR count). The largest absolute Gasteiger partial charge is 0.394 e. The first kappa shape index (κ1) is 14.9. The van der Waals surface area contributed by atoms with Gasteiger partial charge in [0, 0.05) is 19.8 Å². The highest BCUT2D eigenvalue weighted by Crippen LogP contribution is 2.26. The van der Waals surface area contributed by atoms with E-state index in [0.717, 1.165) is 19.2 Å². The highest BCUT2D eigenvalue weighted by atomic mass is 19.1. The van der Waals surface area contributed by atoms with Crippen molar-refractivity contribution < 1.29 is 14.2 Å². The van der Waals surface area contributed by atoms with E-state index in [1.807, 2.05) is 6.92 Å². The second-order valence-electron chi connectivity index (χ2n) is 4.99. The summed E-state index contributed by atoms with van der Waals surface area (Å²) in [6.45, 7) is 3.75. The number of nitrogens with zero attached hydrogens (tertiary/aromatic N) is 2. The molecule has 1 aromatic heterocycles. The van der Waals surface area contributed by atoms with Crippen LogP contribution in [0.15, 0.2) is 6.20 Å². The smallest absolute Gasteiger partial charge is 0.224 e. The maximum atomic E-state index is 13.8. The zero-order valence-corrected chi connectivity index (χ0v) is 11.7. The molecule has 0 radical (unpaired) electrons. The molecule has 0 saturated carbocycles. The molecule has 0 bridgehead atoms. The Bertz CT molecular complexity index is 438. The van der Waals surface area contributed by atoms with Gasteiger partial charge >= 0.3 is 0 Å². The normalized spacial score (nSPS) is 17.8. The third-order valence-corrected chi connectivity index (χ3v) is 3.41. The first-order chi connectivity index (χ1) is 9.69. The minimum absolute atomic E-state index is 0.0858. The van der Waals surface area contributed by atoms with Crippen LogP contribution in [0.25, 0.3) is 0 Å². The van der Waals surface area contributed by atoms with Gasteiger partial charge in [0.25, 0.3) is 0 Å². The third kappa shape index (κ3) is 3.55. The summed E-state index contributed by atoms with van der Waals surface area (Å²) in [6, 6.07) is 0. The van der Waals surface area contributed by atoms with Gasteiger partial charge in [0.2, 0.25) is 5.95 Å². The molecule has 0 spiro atoms. The van der Waals surface area contributed by atoms with E-state index < -0.39 is 11.4 Å². The van der Waals surface area contributed by atoms with E-state index in [2.05, 4.69) is 20.6 Å². The average Bonchev–Trinajstić information content (AvgIpc) is 2.49. The molecule has 112 valence electrons. The molecule has 0 amide bonds. The van der Waals surface area contributed by atoms with Gasteiger partial charge in [-0.1, -0.05) is 6.92 Å². The predicted octanol–water partition coefficient (Wildman–Crippen LogP) is 1.39. The molecule has 3 N–H and O–H groups in total. The van der Waals surface area contributed by atoms with Crippen LogP contribution < -0.4 is 10.6 Å². The lowest BCUT2D eigenvalue weighted by Crippen LogP contribution is -2.47. The molecular weight excluding hydrogens is 263 g/mol. The van der Waals surface area contributed by atoms with Crippen LogP contribution in [-0.4, -0.2) is 47.0 Å². The van der Waals surface area contributed by atoms with Gasteiger partial charge in [-0.25, -0.2) is 9.37 Å². The number of aliphatic hydroxyl groups is 1. The van der Waals surface area contributed by atoms with Crippen molar-refractivity contribution in [3.8, 4) is 0 Å². The summed E-state index contributed by atoms with van der Waals surface area (Å²) in [5, 5.41) is 15.7. The molecule has 0 atom stereocenters. The van der Waals surface area contributed by atoms with Gasteiger partial charge in [-0.2, -0.15) is 4.98 Å². The van der Waals surface area contributed by atoms with Crippen molar-refractivity contribution in [3.63, 3.8) is 0 Å². The third-order valence-electron chi connectivity index (χ3n) is 3.41. The molecule has 1 saturated heterocycles. The van der Waals surface area contributed by atoms with E-state index in [1.54, 1.807) is 0 Å². The molecule has 20 heavy (non-hydrogen) atoms. The van der Waals surface area contributed by atoms with Gasteiger partial charge in [0.1, 0.15) is 0 Å². The number of nitrogens with one attached hydrogen (secondary N) is 2. The summed E-state index contributed by atoms with van der Waals surface area (Å²) < 4.78 is 19.1. The Hall–Kier alpha value is -1.47. The maximum absolute atomic E-state index is 13.8. The Balaban J connectivity index is 2.13. The van der Waals surface area contributed by atoms with Crippen LogP contribution >= 0.6 is 0 Å². The summed E-state index contributed by atoms with van der Waals surface area (Å²) in [6.07, 6.45) is 3.30. The molecule has 2 heterocycles. The van der Waals surface area contributed by atoms with Crippen molar-refractivity contribution in [1.82, 2.24) is 9.97 Å². The van der Waals surface area contributed by atoms with Gasteiger partial charge in [-0.3, -0.25) is 0 Å². The number of aliphatic hydroxyl groups excluding tert-OH is 1. The zero-order chi connectivity index (χ0) is 14.4. The molecule has 1 fully saturated rings. The van der Waals surface area contributed by atoms with E-state index in [-0.39, 0.29) is 12.4 Å². The number of ether oxygens (including phenoxy) is 1. The number of anilines is 2. The van der Waals surface area contributed by atoms with E-state index in [1.165, 1.54) is 0 Å². The van der Waals surface area contributed by atoms with E-state index in [0.29, 0.717) is 32.0 Å². The molecule has 0 aromatic carbocycles. The van der Waals surface area contributed by atoms with E-state index in [4.69, 9.17) is 4.74 Å². The fourth-order valence-corrected chi connectivity index (χ4v) is 2.11. The number of rotatable bonds is 6. The molecular formula is C13H21FN4O2. The molecule has 6 nitrogen and oxygen atoms in total. The van der Waals surface area contributed by atoms with Crippen molar-refractivity contribution in [1.29, 1.82) is 0 Å². The average molecular weight is 284 g/mol. The number of hydrogen-bond acceptors (Lipinski definition) is 6. The van der Waals surface area contributed by atoms with Crippen LogP contribution in [0, 0.1) is 5.82 Å². The van der Waals surface area contributed by atoms with Gasteiger partial charge in [0.15, 0.2) is 11.6 Å². The topological polar surface area (TPSA) is 79.3 Å². The van der Waals surface area contributed by atoms with E-state index >= 15 is 0 Å². The standard InChI is InChI=1S/C13H21FN4O2/c1-2-5-15-12-16-8-10(14)11(17-12)18-13(9-19)3-6-20-7-4-13/h8,19H,2-7,9H2,1H3,(H2,15,16,17,18). The lowest BCUT2D eigenvalue weighted by molar-refractivity contribution is 0.0377. The van der Waals surface area contributed by atoms with Crippen LogP contribution in [0.2, 0.25) is 0 Å².